The summed E-state index contributed by atoms with van der Waals surface area (Å²) in [6, 6.07) is 14.0. The second-order valence-corrected chi connectivity index (χ2v) is 10.8. The van der Waals surface area contributed by atoms with E-state index in [0.717, 1.165) is 11.3 Å². The van der Waals surface area contributed by atoms with E-state index in [9.17, 15) is 22.4 Å². The molecule has 2 saturated heterocycles. The van der Waals surface area contributed by atoms with Crippen LogP contribution in [0.1, 0.15) is 12.0 Å². The first-order valence-electron chi connectivity index (χ1n) is 11.4. The van der Waals surface area contributed by atoms with Crippen molar-refractivity contribution in [1.82, 2.24) is 9.62 Å². The first-order valence-corrected chi connectivity index (χ1v) is 13.0. The van der Waals surface area contributed by atoms with E-state index in [-0.39, 0.29) is 56.0 Å². The monoisotopic (exact) mass is 488 g/mol. The van der Waals surface area contributed by atoms with Crippen LogP contribution in [0.5, 0.6) is 0 Å². The molecule has 1 N–H and O–H groups in total. The summed E-state index contributed by atoms with van der Waals surface area (Å²) in [4.78, 5) is 28.4. The maximum Gasteiger partial charge on any atom is 0.227 e. The van der Waals surface area contributed by atoms with Gasteiger partial charge in [-0.2, -0.15) is 4.31 Å². The maximum atomic E-state index is 14.0. The van der Waals surface area contributed by atoms with Crippen LogP contribution in [0, 0.1) is 18.7 Å². The van der Waals surface area contributed by atoms with E-state index in [1.54, 1.807) is 23.1 Å². The molecule has 4 rings (SSSR count). The van der Waals surface area contributed by atoms with Crippen molar-refractivity contribution in [2.24, 2.45) is 5.92 Å². The van der Waals surface area contributed by atoms with Gasteiger partial charge in [0.2, 0.25) is 21.8 Å². The second-order valence-electron chi connectivity index (χ2n) is 8.69. The van der Waals surface area contributed by atoms with Crippen LogP contribution in [0.2, 0.25) is 0 Å². The minimum atomic E-state index is -3.57. The summed E-state index contributed by atoms with van der Waals surface area (Å²) in [6.45, 7) is 3.52. The number of amides is 2. The van der Waals surface area contributed by atoms with Crippen LogP contribution < -0.4 is 15.1 Å². The normalized spacial score (nSPS) is 19.5. The van der Waals surface area contributed by atoms with Crippen molar-refractivity contribution in [3.63, 3.8) is 0 Å². The predicted octanol–water partition coefficient (Wildman–Crippen LogP) is 1.76. The largest absolute Gasteiger partial charge is 0.367 e. The number of nitrogens with zero attached hydrogens (tertiary/aromatic N) is 3. The van der Waals surface area contributed by atoms with Gasteiger partial charge in [0.15, 0.2) is 0 Å². The molecule has 0 saturated carbocycles. The quantitative estimate of drug-likeness (QED) is 0.642. The summed E-state index contributed by atoms with van der Waals surface area (Å²) in [6.07, 6.45) is 0.102. The minimum Gasteiger partial charge on any atom is -0.367 e. The number of halogens is 1. The van der Waals surface area contributed by atoms with E-state index in [2.05, 4.69) is 5.32 Å². The Morgan fingerprint density at radius 3 is 2.41 bits per heavy atom. The number of hydrogen-bond donors (Lipinski definition) is 1. The molecule has 0 unspecified atom stereocenters. The number of nitrogens with one attached hydrogen (secondary N) is 1. The Kier molecular flexibility index (Phi) is 7.18. The third kappa shape index (κ3) is 5.39. The molecule has 2 aromatic rings. The number of carbonyl (C=O) groups is 2. The summed E-state index contributed by atoms with van der Waals surface area (Å²) in [5.74, 6) is -1.50. The number of benzene rings is 2. The van der Waals surface area contributed by atoms with E-state index in [0.29, 0.717) is 18.8 Å². The van der Waals surface area contributed by atoms with Gasteiger partial charge in [0.25, 0.3) is 0 Å². The lowest BCUT2D eigenvalue weighted by Crippen LogP contribution is -2.50. The van der Waals surface area contributed by atoms with Gasteiger partial charge >= 0.3 is 0 Å². The highest BCUT2D eigenvalue weighted by Gasteiger charge is 2.35. The molecule has 0 radical (unpaired) electrons. The van der Waals surface area contributed by atoms with Crippen molar-refractivity contribution in [2.75, 3.05) is 54.8 Å². The van der Waals surface area contributed by atoms with Gasteiger partial charge in [-0.25, -0.2) is 12.8 Å². The Bertz CT molecular complexity index is 1150. The molecule has 2 aliphatic rings. The lowest BCUT2D eigenvalue weighted by molar-refractivity contribution is -0.126. The van der Waals surface area contributed by atoms with Crippen molar-refractivity contribution < 1.29 is 22.4 Å². The summed E-state index contributed by atoms with van der Waals surface area (Å²) >= 11 is 0. The number of aryl methyl sites for hydroxylation is 1. The van der Waals surface area contributed by atoms with Crippen molar-refractivity contribution in [3.05, 3.63) is 59.9 Å². The van der Waals surface area contributed by atoms with Gasteiger partial charge in [-0.3, -0.25) is 9.59 Å². The first kappa shape index (κ1) is 24.2. The molecule has 2 aromatic carbocycles. The number of para-hydroxylation sites is 1. The molecule has 182 valence electrons. The standard InChI is InChI=1S/C24H29FN4O4S/c1-18-6-8-20(9-7-18)29-17-19(16-23(29)30)24(31)26-10-15-34(32,33)28-13-11-27(12-14-28)22-5-3-2-4-21(22)25/h2-9,19H,10-17H2,1H3,(H,26,31)/t19-/m0/s1. The molecule has 0 aromatic heterocycles. The van der Waals surface area contributed by atoms with Gasteiger partial charge < -0.3 is 15.1 Å². The van der Waals surface area contributed by atoms with E-state index in [1.807, 2.05) is 36.1 Å². The van der Waals surface area contributed by atoms with Crippen LogP contribution in [0.15, 0.2) is 48.5 Å². The lowest BCUT2D eigenvalue weighted by atomic mass is 10.1. The zero-order valence-electron chi connectivity index (χ0n) is 19.1. The number of hydrogen-bond acceptors (Lipinski definition) is 5. The molecule has 2 heterocycles. The van der Waals surface area contributed by atoms with E-state index in [4.69, 9.17) is 0 Å². The highest BCUT2D eigenvalue weighted by atomic mass is 32.2. The van der Waals surface area contributed by atoms with Gasteiger partial charge in [0.05, 0.1) is 17.4 Å². The molecule has 34 heavy (non-hydrogen) atoms. The second kappa shape index (κ2) is 10.1. The first-order chi connectivity index (χ1) is 16.2. The highest BCUT2D eigenvalue weighted by molar-refractivity contribution is 7.89. The van der Waals surface area contributed by atoms with Crippen LogP contribution in [-0.4, -0.2) is 69.6 Å². The summed E-state index contributed by atoms with van der Waals surface area (Å²) in [7, 11) is -3.57. The summed E-state index contributed by atoms with van der Waals surface area (Å²) < 4.78 is 40.9. The van der Waals surface area contributed by atoms with Crippen molar-refractivity contribution in [1.29, 1.82) is 0 Å². The smallest absolute Gasteiger partial charge is 0.227 e. The van der Waals surface area contributed by atoms with E-state index < -0.39 is 15.9 Å². The van der Waals surface area contributed by atoms with E-state index in [1.165, 1.54) is 10.4 Å². The Hall–Kier alpha value is -2.98. The van der Waals surface area contributed by atoms with Gasteiger partial charge in [0, 0.05) is 51.4 Å². The Balaban J connectivity index is 1.24. The number of carbonyl (C=O) groups excluding carboxylic acids is 2. The number of sulfonamides is 1. The molecule has 2 aliphatic heterocycles. The van der Waals surface area contributed by atoms with Crippen molar-refractivity contribution in [3.8, 4) is 0 Å². The third-order valence-corrected chi connectivity index (χ3v) is 8.20. The molecular formula is C24H29FN4O4S. The van der Waals surface area contributed by atoms with Crippen LogP contribution >= 0.6 is 0 Å². The molecule has 0 spiro atoms. The van der Waals surface area contributed by atoms with Crippen LogP contribution in [0.3, 0.4) is 0 Å². The Morgan fingerprint density at radius 1 is 1.06 bits per heavy atom. The highest BCUT2D eigenvalue weighted by Crippen LogP contribution is 2.25. The molecule has 2 fully saturated rings. The van der Waals surface area contributed by atoms with Crippen molar-refractivity contribution in [2.45, 2.75) is 13.3 Å². The average Bonchev–Trinajstić information content (AvgIpc) is 3.21. The zero-order valence-corrected chi connectivity index (χ0v) is 19.9. The molecule has 2 amide bonds. The van der Waals surface area contributed by atoms with Crippen LogP contribution in [-0.2, 0) is 19.6 Å². The molecule has 1 atom stereocenters. The van der Waals surface area contributed by atoms with Gasteiger partial charge in [-0.1, -0.05) is 29.8 Å². The molecule has 10 heteroatoms. The Morgan fingerprint density at radius 2 is 1.74 bits per heavy atom. The Labute approximate surface area is 199 Å². The minimum absolute atomic E-state index is 0.0239. The van der Waals surface area contributed by atoms with Crippen LogP contribution in [0.25, 0.3) is 0 Å². The topological polar surface area (TPSA) is 90.0 Å². The number of rotatable bonds is 7. The van der Waals surface area contributed by atoms with E-state index >= 15 is 0 Å². The average molecular weight is 489 g/mol. The third-order valence-electron chi connectivity index (χ3n) is 6.33. The summed E-state index contributed by atoms with van der Waals surface area (Å²) in [5.41, 5.74) is 2.31. The predicted molar refractivity (Wildman–Crippen MR) is 129 cm³/mol. The van der Waals surface area contributed by atoms with Crippen LogP contribution in [0.4, 0.5) is 15.8 Å². The molecule has 0 aliphatic carbocycles. The van der Waals surface area contributed by atoms with Gasteiger partial charge in [0.1, 0.15) is 5.82 Å². The fourth-order valence-corrected chi connectivity index (χ4v) is 5.69. The SMILES string of the molecule is Cc1ccc(N2C[C@@H](C(=O)NCCS(=O)(=O)N3CCN(c4ccccc4F)CC3)CC2=O)cc1. The number of anilines is 2. The fraction of sp³-hybridized carbons (Fsp3) is 0.417. The maximum absolute atomic E-state index is 14.0. The lowest BCUT2D eigenvalue weighted by Gasteiger charge is -2.35. The number of piperazine rings is 1. The molecule has 8 nitrogen and oxygen atoms in total. The van der Waals surface area contributed by atoms with Gasteiger partial charge in [-0.15, -0.1) is 0 Å². The summed E-state index contributed by atoms with van der Waals surface area (Å²) in [5, 5.41) is 2.68. The fourth-order valence-electron chi connectivity index (χ4n) is 4.35. The molecule has 0 bridgehead atoms. The zero-order chi connectivity index (χ0) is 24.3. The van der Waals surface area contributed by atoms with Gasteiger partial charge in [-0.05, 0) is 31.2 Å². The molecular weight excluding hydrogens is 459 g/mol. The van der Waals surface area contributed by atoms with Crippen molar-refractivity contribution >= 4 is 33.2 Å².